The molecule has 1 N–H and O–H groups in total. The second-order valence-electron chi connectivity index (χ2n) is 9.85. The molecule has 5 aromatic rings. The molecular weight excluding hydrogens is 557 g/mol. The fourth-order valence-corrected chi connectivity index (χ4v) is 5.04. The van der Waals surface area contributed by atoms with Gasteiger partial charge in [-0.15, -0.1) is 0 Å². The van der Waals surface area contributed by atoms with Crippen LogP contribution in [0.25, 0.3) is 16.6 Å². The summed E-state index contributed by atoms with van der Waals surface area (Å²) >= 11 is 0. The number of rotatable bonds is 8. The van der Waals surface area contributed by atoms with Gasteiger partial charge in [0.25, 0.3) is 5.56 Å². The molecule has 0 spiro atoms. The molecule has 220 valence electrons. The summed E-state index contributed by atoms with van der Waals surface area (Å²) in [7, 11) is 1.50. The van der Waals surface area contributed by atoms with E-state index in [2.05, 4.69) is 5.32 Å². The molecule has 4 aromatic carbocycles. The van der Waals surface area contributed by atoms with Crippen LogP contribution in [-0.4, -0.2) is 27.6 Å². The average molecular weight is 587 g/mol. The molecule has 1 unspecified atom stereocenters. The number of anilines is 1. The Morgan fingerprint density at radius 1 is 0.953 bits per heavy atom. The van der Waals surface area contributed by atoms with Gasteiger partial charge in [-0.05, 0) is 54.4 Å². The molecule has 1 atom stereocenters. The van der Waals surface area contributed by atoms with Crippen LogP contribution in [0, 0.1) is 0 Å². The molecule has 43 heavy (non-hydrogen) atoms. The SMILES string of the molecule is CCC(c1nc2ccccc2c(=O)n1-c1ccccc1OC)N(Cc1ccccc1)C(=O)Nc1cccc(C(F)(F)F)c1. The quantitative estimate of drug-likeness (QED) is 0.203. The number of para-hydroxylation sites is 3. The van der Waals surface area contributed by atoms with Gasteiger partial charge in [0.1, 0.15) is 11.6 Å². The van der Waals surface area contributed by atoms with Gasteiger partial charge in [0.2, 0.25) is 0 Å². The van der Waals surface area contributed by atoms with Crippen molar-refractivity contribution in [2.45, 2.75) is 32.1 Å². The lowest BCUT2D eigenvalue weighted by molar-refractivity contribution is -0.137. The van der Waals surface area contributed by atoms with Gasteiger partial charge in [-0.1, -0.05) is 67.6 Å². The maximum absolute atomic E-state index is 14.1. The van der Waals surface area contributed by atoms with Crippen LogP contribution in [0.15, 0.2) is 108 Å². The number of aromatic nitrogens is 2. The van der Waals surface area contributed by atoms with Crippen molar-refractivity contribution in [1.82, 2.24) is 14.5 Å². The summed E-state index contributed by atoms with van der Waals surface area (Å²) in [6.45, 7) is 1.95. The first-order chi connectivity index (χ1) is 20.7. The van der Waals surface area contributed by atoms with Gasteiger partial charge >= 0.3 is 12.2 Å². The van der Waals surface area contributed by atoms with Crippen molar-refractivity contribution in [1.29, 1.82) is 0 Å². The van der Waals surface area contributed by atoms with Gasteiger partial charge in [-0.3, -0.25) is 9.36 Å². The average Bonchev–Trinajstić information content (AvgIpc) is 3.01. The highest BCUT2D eigenvalue weighted by Crippen LogP contribution is 2.33. The molecular formula is C33H29F3N4O3. The van der Waals surface area contributed by atoms with E-state index in [1.807, 2.05) is 37.3 Å². The summed E-state index contributed by atoms with van der Waals surface area (Å²) in [5.41, 5.74) is 0.438. The highest BCUT2D eigenvalue weighted by Gasteiger charge is 2.32. The second-order valence-corrected chi connectivity index (χ2v) is 9.85. The van der Waals surface area contributed by atoms with Gasteiger partial charge in [0, 0.05) is 12.2 Å². The molecule has 1 aromatic heterocycles. The van der Waals surface area contributed by atoms with E-state index < -0.39 is 23.8 Å². The number of benzene rings is 4. The van der Waals surface area contributed by atoms with Gasteiger partial charge in [-0.25, -0.2) is 9.78 Å². The van der Waals surface area contributed by atoms with E-state index in [9.17, 15) is 22.8 Å². The number of halogens is 3. The zero-order chi connectivity index (χ0) is 30.6. The molecule has 7 nitrogen and oxygen atoms in total. The second kappa shape index (κ2) is 12.4. The van der Waals surface area contributed by atoms with Crippen LogP contribution in [0.2, 0.25) is 0 Å². The normalized spacial score (nSPS) is 12.1. The smallest absolute Gasteiger partial charge is 0.416 e. The van der Waals surface area contributed by atoms with Crippen molar-refractivity contribution in [3.63, 3.8) is 0 Å². The predicted molar refractivity (Wildman–Crippen MR) is 159 cm³/mol. The topological polar surface area (TPSA) is 76.5 Å². The Morgan fingerprint density at radius 3 is 2.37 bits per heavy atom. The fraction of sp³-hybridized carbons (Fsp3) is 0.182. The van der Waals surface area contributed by atoms with Gasteiger partial charge in [-0.2, -0.15) is 13.2 Å². The van der Waals surface area contributed by atoms with E-state index in [1.165, 1.54) is 28.7 Å². The molecule has 1 heterocycles. The van der Waals surface area contributed by atoms with Gasteiger partial charge < -0.3 is 15.0 Å². The molecule has 0 bridgehead atoms. The Kier molecular flexibility index (Phi) is 8.47. The summed E-state index contributed by atoms with van der Waals surface area (Å²) < 4.78 is 47.3. The highest BCUT2D eigenvalue weighted by molar-refractivity contribution is 5.90. The predicted octanol–water partition coefficient (Wildman–Crippen LogP) is 7.60. The minimum atomic E-state index is -4.57. The lowest BCUT2D eigenvalue weighted by atomic mass is 10.1. The van der Waals surface area contributed by atoms with Crippen molar-refractivity contribution in [3.8, 4) is 11.4 Å². The molecule has 0 fully saturated rings. The molecule has 0 saturated carbocycles. The van der Waals surface area contributed by atoms with Crippen molar-refractivity contribution in [2.75, 3.05) is 12.4 Å². The molecule has 0 aliphatic heterocycles. The summed E-state index contributed by atoms with van der Waals surface area (Å²) in [5.74, 6) is 0.714. The van der Waals surface area contributed by atoms with Crippen LogP contribution < -0.4 is 15.6 Å². The minimum absolute atomic E-state index is 0.0127. The van der Waals surface area contributed by atoms with E-state index in [4.69, 9.17) is 9.72 Å². The third kappa shape index (κ3) is 6.23. The van der Waals surface area contributed by atoms with Crippen molar-refractivity contribution < 1.29 is 22.7 Å². The fourth-order valence-electron chi connectivity index (χ4n) is 5.04. The Bertz CT molecular complexity index is 1810. The lowest BCUT2D eigenvalue weighted by Gasteiger charge is -2.32. The number of ether oxygens (including phenoxy) is 1. The number of carbonyl (C=O) groups excluding carboxylic acids is 1. The first kappa shape index (κ1) is 29.4. The van der Waals surface area contributed by atoms with E-state index >= 15 is 0 Å². The van der Waals surface area contributed by atoms with Crippen LogP contribution in [0.1, 0.15) is 36.3 Å². The van der Waals surface area contributed by atoms with Crippen molar-refractivity contribution in [3.05, 3.63) is 130 Å². The number of amides is 2. The van der Waals surface area contributed by atoms with E-state index in [1.54, 1.807) is 48.5 Å². The third-order valence-corrected chi connectivity index (χ3v) is 7.09. The standard InChI is InChI=1S/C33H29F3N4O3/c1-3-27(30-38-26-17-8-7-16-25(26)31(41)40(30)28-18-9-10-19-29(28)43-2)39(21-22-12-5-4-6-13-22)32(42)37-24-15-11-14-23(20-24)33(34,35)36/h4-20,27H,3,21H2,1-2H3,(H,37,42). The van der Waals surface area contributed by atoms with Crippen molar-refractivity contribution >= 4 is 22.6 Å². The number of fused-ring (bicyclic) bond motifs is 1. The highest BCUT2D eigenvalue weighted by atomic mass is 19.4. The van der Waals surface area contributed by atoms with Crippen LogP contribution in [-0.2, 0) is 12.7 Å². The molecule has 0 aliphatic rings. The molecule has 5 rings (SSSR count). The summed E-state index contributed by atoms with van der Waals surface area (Å²) in [6.07, 6.45) is -4.24. The first-order valence-corrected chi connectivity index (χ1v) is 13.6. The summed E-state index contributed by atoms with van der Waals surface area (Å²) in [6, 6.07) is 26.2. The number of urea groups is 1. The van der Waals surface area contributed by atoms with E-state index in [0.717, 1.165) is 17.7 Å². The van der Waals surface area contributed by atoms with Crippen molar-refractivity contribution in [2.24, 2.45) is 0 Å². The zero-order valence-corrected chi connectivity index (χ0v) is 23.5. The van der Waals surface area contributed by atoms with Crippen LogP contribution in [0.4, 0.5) is 23.7 Å². The van der Waals surface area contributed by atoms with Crippen LogP contribution >= 0.6 is 0 Å². The number of alkyl halides is 3. The number of nitrogens with one attached hydrogen (secondary N) is 1. The van der Waals surface area contributed by atoms with E-state index in [-0.39, 0.29) is 23.6 Å². The number of methoxy groups -OCH3 is 1. The van der Waals surface area contributed by atoms with Crippen LogP contribution in [0.3, 0.4) is 0 Å². The Labute approximate surface area is 246 Å². The molecule has 0 saturated heterocycles. The molecule has 2 amide bonds. The molecule has 10 heteroatoms. The Balaban J connectivity index is 1.68. The number of carbonyl (C=O) groups is 1. The third-order valence-electron chi connectivity index (χ3n) is 7.09. The first-order valence-electron chi connectivity index (χ1n) is 13.6. The summed E-state index contributed by atoms with van der Waals surface area (Å²) in [4.78, 5) is 34.4. The number of hydrogen-bond donors (Lipinski definition) is 1. The zero-order valence-electron chi connectivity index (χ0n) is 23.5. The Morgan fingerprint density at radius 2 is 1.65 bits per heavy atom. The monoisotopic (exact) mass is 586 g/mol. The van der Waals surface area contributed by atoms with Gasteiger partial charge in [0.15, 0.2) is 0 Å². The maximum Gasteiger partial charge on any atom is 0.416 e. The Hall–Kier alpha value is -5.12. The number of nitrogens with zero attached hydrogens (tertiary/aromatic N) is 3. The summed E-state index contributed by atoms with van der Waals surface area (Å²) in [5, 5.41) is 3.02. The maximum atomic E-state index is 14.1. The van der Waals surface area contributed by atoms with Crippen LogP contribution in [0.5, 0.6) is 5.75 Å². The van der Waals surface area contributed by atoms with E-state index in [0.29, 0.717) is 28.8 Å². The lowest BCUT2D eigenvalue weighted by Crippen LogP contribution is -2.40. The number of hydrogen-bond acceptors (Lipinski definition) is 4. The van der Waals surface area contributed by atoms with Gasteiger partial charge in [0.05, 0.1) is 35.3 Å². The molecule has 0 radical (unpaired) electrons. The largest absolute Gasteiger partial charge is 0.495 e. The molecule has 0 aliphatic carbocycles. The minimum Gasteiger partial charge on any atom is -0.495 e.